The third-order valence-corrected chi connectivity index (χ3v) is 4.12. The van der Waals surface area contributed by atoms with Crippen molar-refractivity contribution in [1.82, 2.24) is 10.2 Å². The average molecular weight is 332 g/mol. The lowest BCUT2D eigenvalue weighted by Crippen LogP contribution is -2.30. The molecule has 0 bridgehead atoms. The van der Waals surface area contributed by atoms with Gasteiger partial charge in [-0.1, -0.05) is 0 Å². The second-order valence-corrected chi connectivity index (χ2v) is 6.26. The number of nitrogens with one attached hydrogen (secondary N) is 1. The van der Waals surface area contributed by atoms with Gasteiger partial charge in [-0.15, -0.1) is 0 Å². The normalized spacial score (nSPS) is 11.2. The molecule has 24 heavy (non-hydrogen) atoms. The molecule has 0 unspecified atom stereocenters. The number of fused-ring (bicyclic) bond motifs is 1. The van der Waals surface area contributed by atoms with Crippen LogP contribution in [0.2, 0.25) is 0 Å². The number of aryl methyl sites for hydroxylation is 2. The molecule has 1 heterocycles. The summed E-state index contributed by atoms with van der Waals surface area (Å²) in [6.45, 7) is 4.95. The van der Waals surface area contributed by atoms with Crippen LogP contribution in [0.3, 0.4) is 0 Å². The molecule has 0 saturated carbocycles. The van der Waals surface area contributed by atoms with Crippen molar-refractivity contribution in [3.63, 3.8) is 0 Å². The van der Waals surface area contributed by atoms with Crippen LogP contribution in [0.5, 0.6) is 5.75 Å². The van der Waals surface area contributed by atoms with Gasteiger partial charge in [-0.2, -0.15) is 0 Å². The molecule has 1 aromatic carbocycles. The van der Waals surface area contributed by atoms with Crippen LogP contribution in [0, 0.1) is 13.8 Å². The van der Waals surface area contributed by atoms with E-state index in [1.165, 1.54) is 0 Å². The average Bonchev–Trinajstić information content (AvgIpc) is 2.52. The molecule has 130 valence electrons. The van der Waals surface area contributed by atoms with Crippen LogP contribution in [0.25, 0.3) is 11.0 Å². The Kier molecular flexibility index (Phi) is 5.62. The number of carbonyl (C=O) groups excluding carboxylic acids is 1. The fourth-order valence-corrected chi connectivity index (χ4v) is 2.63. The minimum absolute atomic E-state index is 0.00794. The fraction of sp³-hybridized carbons (Fsp3) is 0.444. The van der Waals surface area contributed by atoms with Crippen molar-refractivity contribution in [3.05, 3.63) is 39.2 Å². The van der Waals surface area contributed by atoms with Gasteiger partial charge in [-0.3, -0.25) is 4.79 Å². The van der Waals surface area contributed by atoms with Crippen LogP contribution in [0.1, 0.15) is 23.1 Å². The SMILES string of the molecule is Cc1c(CC(=O)NCCCN(C)C)c(=O)oc2c(C)c(O)ccc12. The largest absolute Gasteiger partial charge is 0.508 e. The number of phenolic OH excluding ortho intramolecular Hbond substituents is 1. The van der Waals surface area contributed by atoms with E-state index in [0.29, 0.717) is 28.8 Å². The molecule has 1 aromatic heterocycles. The van der Waals surface area contributed by atoms with Gasteiger partial charge in [-0.05, 0) is 58.6 Å². The summed E-state index contributed by atoms with van der Waals surface area (Å²) in [6, 6.07) is 3.27. The lowest BCUT2D eigenvalue weighted by Gasteiger charge is -2.11. The van der Waals surface area contributed by atoms with Gasteiger partial charge in [0.05, 0.1) is 12.0 Å². The molecular formula is C18H24N2O4. The number of amides is 1. The molecule has 2 rings (SSSR count). The maximum Gasteiger partial charge on any atom is 0.340 e. The zero-order valence-electron chi connectivity index (χ0n) is 14.6. The van der Waals surface area contributed by atoms with E-state index in [1.807, 2.05) is 19.0 Å². The van der Waals surface area contributed by atoms with Gasteiger partial charge < -0.3 is 19.7 Å². The molecule has 6 nitrogen and oxygen atoms in total. The zero-order valence-corrected chi connectivity index (χ0v) is 14.6. The highest BCUT2D eigenvalue weighted by atomic mass is 16.4. The van der Waals surface area contributed by atoms with Crippen molar-refractivity contribution in [2.75, 3.05) is 27.2 Å². The number of benzene rings is 1. The van der Waals surface area contributed by atoms with Crippen LogP contribution in [-0.2, 0) is 11.2 Å². The number of aromatic hydroxyl groups is 1. The zero-order chi connectivity index (χ0) is 17.9. The Morgan fingerprint density at radius 3 is 2.62 bits per heavy atom. The molecule has 0 radical (unpaired) electrons. The first-order chi connectivity index (χ1) is 11.3. The quantitative estimate of drug-likeness (QED) is 0.622. The summed E-state index contributed by atoms with van der Waals surface area (Å²) in [5.41, 5.74) is 1.43. The minimum atomic E-state index is -0.530. The van der Waals surface area contributed by atoms with Crippen molar-refractivity contribution in [2.24, 2.45) is 0 Å². The van der Waals surface area contributed by atoms with Crippen molar-refractivity contribution in [2.45, 2.75) is 26.7 Å². The minimum Gasteiger partial charge on any atom is -0.508 e. The number of hydrogen-bond donors (Lipinski definition) is 2. The van der Waals surface area contributed by atoms with E-state index >= 15 is 0 Å². The first-order valence-corrected chi connectivity index (χ1v) is 7.97. The molecule has 2 aromatic rings. The van der Waals surface area contributed by atoms with Crippen LogP contribution in [-0.4, -0.2) is 43.1 Å². The smallest absolute Gasteiger partial charge is 0.340 e. The highest BCUT2D eigenvalue weighted by Gasteiger charge is 2.16. The Hall–Kier alpha value is -2.34. The Morgan fingerprint density at radius 1 is 1.25 bits per heavy atom. The van der Waals surface area contributed by atoms with E-state index in [9.17, 15) is 14.7 Å². The molecule has 0 atom stereocenters. The Morgan fingerprint density at radius 2 is 1.96 bits per heavy atom. The van der Waals surface area contributed by atoms with Gasteiger partial charge in [0.1, 0.15) is 11.3 Å². The molecule has 0 saturated heterocycles. The first kappa shape index (κ1) is 18.0. The predicted molar refractivity (Wildman–Crippen MR) is 93.5 cm³/mol. The molecule has 0 aliphatic carbocycles. The summed E-state index contributed by atoms with van der Waals surface area (Å²) < 4.78 is 5.34. The lowest BCUT2D eigenvalue weighted by atomic mass is 10.0. The summed E-state index contributed by atoms with van der Waals surface area (Å²) in [7, 11) is 3.95. The number of rotatable bonds is 6. The van der Waals surface area contributed by atoms with Crippen molar-refractivity contribution >= 4 is 16.9 Å². The van der Waals surface area contributed by atoms with Crippen LogP contribution < -0.4 is 10.9 Å². The second-order valence-electron chi connectivity index (χ2n) is 6.26. The van der Waals surface area contributed by atoms with E-state index < -0.39 is 5.63 Å². The monoisotopic (exact) mass is 332 g/mol. The predicted octanol–water partition coefficient (Wildman–Crippen LogP) is 1.73. The lowest BCUT2D eigenvalue weighted by molar-refractivity contribution is -0.120. The second kappa shape index (κ2) is 7.49. The van der Waals surface area contributed by atoms with Gasteiger partial charge in [-0.25, -0.2) is 4.79 Å². The highest BCUT2D eigenvalue weighted by Crippen LogP contribution is 2.28. The third kappa shape index (κ3) is 3.94. The number of phenols is 1. The van der Waals surface area contributed by atoms with E-state index in [1.54, 1.807) is 26.0 Å². The van der Waals surface area contributed by atoms with Crippen LogP contribution >= 0.6 is 0 Å². The van der Waals surface area contributed by atoms with Crippen LogP contribution in [0.15, 0.2) is 21.3 Å². The van der Waals surface area contributed by atoms with Crippen molar-refractivity contribution in [3.8, 4) is 5.75 Å². The standard InChI is InChI=1S/C18H24N2O4/c1-11-13-6-7-15(21)12(2)17(13)24-18(23)14(11)10-16(22)19-8-5-9-20(3)4/h6-7,21H,5,8-10H2,1-4H3,(H,19,22). The first-order valence-electron chi connectivity index (χ1n) is 7.97. The summed E-state index contributed by atoms with van der Waals surface area (Å²) in [5.74, 6) is -0.115. The molecule has 1 amide bonds. The number of nitrogens with zero attached hydrogens (tertiary/aromatic N) is 1. The van der Waals surface area contributed by atoms with Gasteiger partial charge in [0.2, 0.25) is 5.91 Å². The Bertz CT molecular complexity index is 809. The summed E-state index contributed by atoms with van der Waals surface area (Å²) in [5, 5.41) is 13.3. The summed E-state index contributed by atoms with van der Waals surface area (Å²) in [4.78, 5) is 26.4. The molecule has 0 aliphatic heterocycles. The van der Waals surface area contributed by atoms with E-state index in [4.69, 9.17) is 4.42 Å². The molecule has 0 spiro atoms. The topological polar surface area (TPSA) is 82.8 Å². The molecule has 0 fully saturated rings. The third-order valence-electron chi connectivity index (χ3n) is 4.12. The van der Waals surface area contributed by atoms with Crippen molar-refractivity contribution < 1.29 is 14.3 Å². The summed E-state index contributed by atoms with van der Waals surface area (Å²) in [6.07, 6.45) is 0.842. The van der Waals surface area contributed by atoms with E-state index in [0.717, 1.165) is 18.4 Å². The van der Waals surface area contributed by atoms with Crippen LogP contribution in [0.4, 0.5) is 0 Å². The van der Waals surface area contributed by atoms with Gasteiger partial charge in [0.25, 0.3) is 0 Å². The fourth-order valence-electron chi connectivity index (χ4n) is 2.63. The van der Waals surface area contributed by atoms with Gasteiger partial charge in [0, 0.05) is 17.5 Å². The van der Waals surface area contributed by atoms with E-state index in [2.05, 4.69) is 5.32 Å². The number of carbonyl (C=O) groups is 1. The molecule has 2 N–H and O–H groups in total. The van der Waals surface area contributed by atoms with Gasteiger partial charge in [0.15, 0.2) is 0 Å². The summed E-state index contributed by atoms with van der Waals surface area (Å²) >= 11 is 0. The van der Waals surface area contributed by atoms with E-state index in [-0.39, 0.29) is 18.1 Å². The maximum absolute atomic E-state index is 12.2. The maximum atomic E-state index is 12.2. The number of hydrogen-bond acceptors (Lipinski definition) is 5. The Labute approximate surface area is 141 Å². The highest BCUT2D eigenvalue weighted by molar-refractivity contribution is 5.87. The van der Waals surface area contributed by atoms with Gasteiger partial charge >= 0.3 is 5.63 Å². The molecule has 0 aliphatic rings. The molecule has 6 heteroatoms. The Balaban J connectivity index is 2.19. The van der Waals surface area contributed by atoms with Crippen molar-refractivity contribution in [1.29, 1.82) is 0 Å². The molecular weight excluding hydrogens is 308 g/mol.